The Kier molecular flexibility index (Phi) is 33.0. The molecule has 0 unspecified atom stereocenters. The Hall–Kier alpha value is -8.23. The number of hydrogen-bond donors (Lipinski definition) is 10. The first-order chi connectivity index (χ1) is 51.9. The van der Waals surface area contributed by atoms with E-state index in [9.17, 15) is 48.9 Å². The maximum atomic E-state index is 15.8. The van der Waals surface area contributed by atoms with Crippen molar-refractivity contribution in [3.05, 3.63) is 146 Å². The van der Waals surface area contributed by atoms with Crippen LogP contribution in [-0.2, 0) is 83.2 Å². The van der Waals surface area contributed by atoms with Crippen molar-refractivity contribution in [3.63, 3.8) is 0 Å². The molecule has 4 aromatic carbocycles. The topological polar surface area (TPSA) is 370 Å². The minimum absolute atomic E-state index is 0.0813. The number of carbonyl (C=O) groups is 12. The van der Waals surface area contributed by atoms with Gasteiger partial charge in [0.15, 0.2) is 17.3 Å². The van der Waals surface area contributed by atoms with Crippen molar-refractivity contribution in [2.24, 2.45) is 46.7 Å². The number of benzene rings is 4. The van der Waals surface area contributed by atoms with Crippen LogP contribution in [0, 0.1) is 40.9 Å². The molecule has 2 fully saturated rings. The van der Waals surface area contributed by atoms with Crippen LogP contribution in [-0.4, -0.2) is 183 Å². The van der Waals surface area contributed by atoms with Crippen molar-refractivity contribution in [3.8, 4) is 0 Å². The molecule has 2 saturated heterocycles. The van der Waals surface area contributed by atoms with Crippen molar-refractivity contribution in [1.82, 2.24) is 41.7 Å². The summed E-state index contributed by atoms with van der Waals surface area (Å²) in [5.41, 5.74) is 8.31. The number of amides is 8. The second kappa shape index (κ2) is 40.8. The predicted octanol–water partition coefficient (Wildman–Crippen LogP) is 7.38. The third-order valence-electron chi connectivity index (χ3n) is 22.3. The van der Waals surface area contributed by atoms with Gasteiger partial charge in [0.2, 0.25) is 47.3 Å². The highest BCUT2D eigenvalue weighted by molar-refractivity contribution is 6.31. The van der Waals surface area contributed by atoms with Gasteiger partial charge in [-0.2, -0.15) is 0 Å². The molecule has 24 nitrogen and oxygen atoms in total. The quantitative estimate of drug-likeness (QED) is 0.0523. The van der Waals surface area contributed by atoms with E-state index < -0.39 is 199 Å². The second-order valence-electron chi connectivity index (χ2n) is 31.3. The first-order valence-electron chi connectivity index (χ1n) is 38.2. The molecule has 1 aliphatic carbocycles. The molecule has 2 aliphatic heterocycles. The lowest BCUT2D eigenvalue weighted by Gasteiger charge is -2.39. The third kappa shape index (κ3) is 24.6. The van der Waals surface area contributed by atoms with Crippen LogP contribution in [0.2, 0.25) is 15.1 Å². The molecule has 0 spiro atoms. The zero-order chi connectivity index (χ0) is 81.1. The largest absolute Gasteiger partial charge is 0.394 e. The first kappa shape index (κ1) is 89.0. The number of carbonyl (C=O) groups excluding carboxylic acids is 12. The van der Waals surface area contributed by atoms with Crippen molar-refractivity contribution in [2.75, 3.05) is 33.3 Å². The number of likely N-dealkylation sites (tertiary alicyclic amines) is 1. The molecule has 0 bridgehead atoms. The average molecular weight is 1580 g/mol. The molecular formula is C83H110Cl3N9O15. The summed E-state index contributed by atoms with van der Waals surface area (Å²) in [6.07, 6.45) is -3.24. The highest BCUT2D eigenvalue weighted by atomic mass is 35.5. The second-order valence-corrected chi connectivity index (χ2v) is 32.6. The van der Waals surface area contributed by atoms with E-state index in [1.54, 1.807) is 105 Å². The molecule has 7 rings (SSSR count). The van der Waals surface area contributed by atoms with Gasteiger partial charge in [-0.1, -0.05) is 163 Å². The van der Waals surface area contributed by atoms with E-state index in [1.807, 2.05) is 30.3 Å². The van der Waals surface area contributed by atoms with E-state index in [0.29, 0.717) is 77.5 Å². The summed E-state index contributed by atoms with van der Waals surface area (Å²) in [7, 11) is 1.32. The molecule has 4 aromatic rings. The summed E-state index contributed by atoms with van der Waals surface area (Å²) in [5, 5.41) is 50.8. The molecular weight excluding hydrogens is 1470 g/mol. The fraction of sp³-hybridized carbons (Fsp3) is 0.542. The number of halogens is 3. The SMILES string of the molecule is CC[C@H](C)[C@@H]1CC(=O)CNC(=O)[C@H]([C@@H](C)CC)NC(=O)[C@H](CO)NC(=O)C[C@@H](C(=O)N2CCC(C(C)(C)C)CC2)CCC(=O)[C@H](Cc2cccc(Cl)c2)CC(=O)[C@](N)([C@@H](C)O)CC(=O)[C@H](Cc2ccc(Cl)cc2)N(C)C(=O)[C@H](Cc2cccc(Cl)c2)NC(=O)[C@H](CC2=CCc3ccccc32)NC(=O)[C@H]([C@@H](C)O)NC1=O. The summed E-state index contributed by atoms with van der Waals surface area (Å²) >= 11 is 19.4. The third-order valence-corrected chi connectivity index (χ3v) is 23.0. The Morgan fingerprint density at radius 3 is 1.81 bits per heavy atom. The molecule has 27 heteroatoms. The van der Waals surface area contributed by atoms with Crippen LogP contribution in [0.15, 0.2) is 103 Å². The number of aliphatic hydroxyl groups is 3. The number of fused-ring (bicyclic) bond motifs is 1. The highest BCUT2D eigenvalue weighted by Gasteiger charge is 2.46. The van der Waals surface area contributed by atoms with Gasteiger partial charge in [-0.05, 0) is 145 Å². The lowest BCUT2D eigenvalue weighted by Crippen LogP contribution is -2.61. The monoisotopic (exact) mass is 1580 g/mol. The van der Waals surface area contributed by atoms with Gasteiger partial charge in [-0.25, -0.2) is 0 Å². The highest BCUT2D eigenvalue weighted by Crippen LogP contribution is 2.36. The van der Waals surface area contributed by atoms with Crippen molar-refractivity contribution < 1.29 is 72.9 Å². The average Bonchev–Trinajstić information content (AvgIpc) is 1.08. The molecule has 0 aromatic heterocycles. The predicted molar refractivity (Wildman–Crippen MR) is 421 cm³/mol. The van der Waals surface area contributed by atoms with E-state index in [2.05, 4.69) is 52.7 Å². The van der Waals surface area contributed by atoms with Gasteiger partial charge in [-0.15, -0.1) is 0 Å². The summed E-state index contributed by atoms with van der Waals surface area (Å²) < 4.78 is 0. The van der Waals surface area contributed by atoms with Crippen LogP contribution in [0.1, 0.15) is 161 Å². The van der Waals surface area contributed by atoms with E-state index in [1.165, 1.54) is 20.9 Å². The normalized spacial score (nSPS) is 25.8. The molecule has 2 heterocycles. The van der Waals surface area contributed by atoms with E-state index in [0.717, 1.165) is 16.0 Å². The number of nitrogens with zero attached hydrogens (tertiary/aromatic N) is 2. The number of ketones is 4. The number of nitrogens with two attached hydrogens (primary N) is 1. The van der Waals surface area contributed by atoms with Crippen molar-refractivity contribution >= 4 is 111 Å². The molecule has 8 amide bonds. The van der Waals surface area contributed by atoms with Gasteiger partial charge in [0.05, 0.1) is 31.4 Å². The van der Waals surface area contributed by atoms with Crippen LogP contribution in [0.4, 0.5) is 0 Å². The Balaban J connectivity index is 1.33. The maximum absolute atomic E-state index is 15.8. The summed E-state index contributed by atoms with van der Waals surface area (Å²) in [6.45, 7) is 14.8. The van der Waals surface area contributed by atoms with Crippen LogP contribution in [0.25, 0.3) is 5.57 Å². The first-order valence-corrected chi connectivity index (χ1v) is 39.3. The number of piperidine rings is 1. The van der Waals surface area contributed by atoms with Crippen LogP contribution in [0.5, 0.6) is 0 Å². The van der Waals surface area contributed by atoms with Gasteiger partial charge >= 0.3 is 0 Å². The molecule has 110 heavy (non-hydrogen) atoms. The number of rotatable bonds is 16. The van der Waals surface area contributed by atoms with Crippen LogP contribution in [0.3, 0.4) is 0 Å². The summed E-state index contributed by atoms with van der Waals surface area (Å²) in [5.74, 6) is -14.2. The van der Waals surface area contributed by atoms with E-state index in [4.69, 9.17) is 40.5 Å². The minimum Gasteiger partial charge on any atom is -0.394 e. The Labute approximate surface area is 660 Å². The van der Waals surface area contributed by atoms with Crippen LogP contribution < -0.4 is 37.6 Å². The molecule has 598 valence electrons. The zero-order valence-electron chi connectivity index (χ0n) is 64.7. The Morgan fingerprint density at radius 2 is 1.22 bits per heavy atom. The Morgan fingerprint density at radius 1 is 0.618 bits per heavy atom. The number of likely N-dealkylation sites (N-methyl/N-ethyl adjacent to an activating group) is 1. The molecule has 0 radical (unpaired) electrons. The fourth-order valence-corrected chi connectivity index (χ4v) is 15.2. The summed E-state index contributed by atoms with van der Waals surface area (Å²) in [4.78, 5) is 181. The lowest BCUT2D eigenvalue weighted by atomic mass is 9.75. The van der Waals surface area contributed by atoms with Gasteiger partial charge < -0.3 is 62.8 Å². The number of allylic oxidation sites excluding steroid dienone is 1. The minimum atomic E-state index is -2.46. The molecule has 14 atom stereocenters. The van der Waals surface area contributed by atoms with Gasteiger partial charge in [-0.3, -0.25) is 57.5 Å². The number of nitrogens with one attached hydrogen (secondary N) is 6. The smallest absolute Gasteiger partial charge is 0.245 e. The number of aliphatic hydroxyl groups excluding tert-OH is 3. The molecule has 11 N–H and O–H groups in total. The van der Waals surface area contributed by atoms with E-state index >= 15 is 24.0 Å². The lowest BCUT2D eigenvalue weighted by molar-refractivity contribution is -0.143. The number of hydrogen-bond acceptors (Lipinski definition) is 16. The van der Waals surface area contributed by atoms with Crippen molar-refractivity contribution in [2.45, 2.75) is 213 Å². The molecule has 3 aliphatic rings. The van der Waals surface area contributed by atoms with E-state index in [-0.39, 0.29) is 48.5 Å². The Bertz CT molecular complexity index is 3990. The number of Topliss-reactive ketones (excluding diaryl/α,β-unsaturated/α-hetero) is 4. The standard InChI is InChI=1S/C83H110Cl3N9O15/c1-11-47(3)64-43-62(99)45-88-78(107)73(48(4)12-2)92-77(106)67(46-96)89-72(103)42-56(80(109)95-33-31-58(32-34-95)82(7,8)9)27-30-69(100)57(35-52-17-15-20-60(85)36-52)41-71(102)83(87,50(6)98)44-70(101)68(39-51-23-28-59(84)29-24-51)94(10)81(110)66(38-53-18-16-21-61(86)37-53)91-76(105)65(90-79(108)74(49(5)97)93-75(64)104)40-55-26-25-54-19-13-14-22-63(54)55/h13-24,26,28-29,36-37,47-50,56-58,64-68,73-74,96-98H,11-12,25,27,30-35,38-46,87H2,1-10H3,(H,88,107)(H,89,103)(H,90,108)(H,91,105)(H,92,106)(H,93,104)/t47-,48-,49+,50+,56-,57+,64-,65-,66-,67-,68-,73-,74-,83+/m0/s1. The molecule has 0 saturated carbocycles. The van der Waals surface area contributed by atoms with Crippen LogP contribution >= 0.6 is 34.8 Å². The summed E-state index contributed by atoms with van der Waals surface area (Å²) in [6, 6.07) is 17.4. The van der Waals surface area contributed by atoms with Gasteiger partial charge in [0.1, 0.15) is 41.5 Å². The van der Waals surface area contributed by atoms with Crippen molar-refractivity contribution in [1.29, 1.82) is 0 Å². The fourth-order valence-electron chi connectivity index (χ4n) is 14.7. The van der Waals surface area contributed by atoms with Gasteiger partial charge in [0.25, 0.3) is 0 Å². The zero-order valence-corrected chi connectivity index (χ0v) is 66.9. The van der Waals surface area contributed by atoms with Gasteiger partial charge in [0, 0.05) is 97.9 Å². The maximum Gasteiger partial charge on any atom is 0.245 e.